The smallest absolute Gasteiger partial charge is 0.318 e. The summed E-state index contributed by atoms with van der Waals surface area (Å²) in [6.07, 6.45) is 0. The van der Waals surface area contributed by atoms with Gasteiger partial charge >= 0.3 is 17.5 Å². The number of anilines is 2. The lowest BCUT2D eigenvalue weighted by atomic mass is 10.2. The molecule has 0 saturated heterocycles. The summed E-state index contributed by atoms with van der Waals surface area (Å²) in [5, 5.41) is 5.09. The SMILES string of the molecule is Cc1ccc(NC(=O)C(=O)Nc2ccc3c(c2)n(C)c(=O)n3C)cc1. The molecule has 0 atom stereocenters. The van der Waals surface area contributed by atoms with Crippen LogP contribution in [0.2, 0.25) is 0 Å². The Kier molecular flexibility index (Phi) is 4.14. The lowest BCUT2D eigenvalue weighted by Gasteiger charge is -2.07. The summed E-state index contributed by atoms with van der Waals surface area (Å²) >= 11 is 0. The third-order valence-corrected chi connectivity index (χ3v) is 4.05. The minimum absolute atomic E-state index is 0.157. The average Bonchev–Trinajstić information content (AvgIpc) is 2.81. The van der Waals surface area contributed by atoms with Gasteiger partial charge in [-0.25, -0.2) is 4.79 Å². The molecule has 1 heterocycles. The van der Waals surface area contributed by atoms with Crippen molar-refractivity contribution in [2.45, 2.75) is 6.92 Å². The zero-order valence-electron chi connectivity index (χ0n) is 14.2. The molecule has 3 rings (SSSR count). The molecule has 0 aliphatic heterocycles. The first-order valence-corrected chi connectivity index (χ1v) is 7.71. The van der Waals surface area contributed by atoms with Crippen LogP contribution in [0.4, 0.5) is 11.4 Å². The molecule has 25 heavy (non-hydrogen) atoms. The molecule has 0 fully saturated rings. The van der Waals surface area contributed by atoms with E-state index >= 15 is 0 Å². The Labute approximate surface area is 143 Å². The van der Waals surface area contributed by atoms with Crippen molar-refractivity contribution in [2.24, 2.45) is 14.1 Å². The monoisotopic (exact) mass is 338 g/mol. The van der Waals surface area contributed by atoms with Crippen molar-refractivity contribution in [3.8, 4) is 0 Å². The van der Waals surface area contributed by atoms with Gasteiger partial charge in [-0.15, -0.1) is 0 Å². The van der Waals surface area contributed by atoms with Gasteiger partial charge in [-0.1, -0.05) is 17.7 Å². The van der Waals surface area contributed by atoms with E-state index in [1.165, 1.54) is 9.13 Å². The molecule has 0 unspecified atom stereocenters. The number of imidazole rings is 1. The molecule has 128 valence electrons. The Morgan fingerprint density at radius 2 is 1.32 bits per heavy atom. The van der Waals surface area contributed by atoms with Crippen LogP contribution in [-0.4, -0.2) is 20.9 Å². The van der Waals surface area contributed by atoms with Gasteiger partial charge in [-0.2, -0.15) is 0 Å². The van der Waals surface area contributed by atoms with Crippen molar-refractivity contribution in [1.82, 2.24) is 9.13 Å². The second kappa shape index (κ2) is 6.27. The van der Waals surface area contributed by atoms with Crippen molar-refractivity contribution >= 4 is 34.2 Å². The third kappa shape index (κ3) is 3.16. The summed E-state index contributed by atoms with van der Waals surface area (Å²) in [7, 11) is 3.33. The number of nitrogens with zero attached hydrogens (tertiary/aromatic N) is 2. The molecule has 1 aromatic heterocycles. The summed E-state index contributed by atoms with van der Waals surface area (Å²) < 4.78 is 3.00. The number of benzene rings is 2. The van der Waals surface area contributed by atoms with Crippen LogP contribution < -0.4 is 16.3 Å². The number of hydrogen-bond donors (Lipinski definition) is 2. The lowest BCUT2D eigenvalue weighted by molar-refractivity contribution is -0.132. The number of hydrogen-bond acceptors (Lipinski definition) is 3. The highest BCUT2D eigenvalue weighted by molar-refractivity contribution is 6.43. The minimum atomic E-state index is -0.777. The highest BCUT2D eigenvalue weighted by Crippen LogP contribution is 2.17. The van der Waals surface area contributed by atoms with Gasteiger partial charge in [0.1, 0.15) is 0 Å². The van der Waals surface area contributed by atoms with E-state index in [4.69, 9.17) is 0 Å². The highest BCUT2D eigenvalue weighted by Gasteiger charge is 2.15. The van der Waals surface area contributed by atoms with Gasteiger partial charge in [0.2, 0.25) is 0 Å². The van der Waals surface area contributed by atoms with Crippen LogP contribution in [0.5, 0.6) is 0 Å². The first kappa shape index (κ1) is 16.5. The fourth-order valence-corrected chi connectivity index (χ4v) is 2.60. The maximum Gasteiger partial charge on any atom is 0.328 e. The van der Waals surface area contributed by atoms with E-state index in [1.54, 1.807) is 44.4 Å². The normalized spacial score (nSPS) is 10.7. The summed E-state index contributed by atoms with van der Waals surface area (Å²) in [6, 6.07) is 12.2. The fourth-order valence-electron chi connectivity index (χ4n) is 2.60. The van der Waals surface area contributed by atoms with Crippen molar-refractivity contribution < 1.29 is 9.59 Å². The number of amides is 2. The lowest BCUT2D eigenvalue weighted by Crippen LogP contribution is -2.29. The first-order valence-electron chi connectivity index (χ1n) is 7.71. The van der Waals surface area contributed by atoms with E-state index in [2.05, 4.69) is 10.6 Å². The summed E-state index contributed by atoms with van der Waals surface area (Å²) in [4.78, 5) is 36.0. The molecule has 7 heteroatoms. The Morgan fingerprint density at radius 1 is 0.800 bits per heavy atom. The second-order valence-electron chi connectivity index (χ2n) is 5.88. The zero-order chi connectivity index (χ0) is 18.1. The van der Waals surface area contributed by atoms with Crippen molar-refractivity contribution in [1.29, 1.82) is 0 Å². The van der Waals surface area contributed by atoms with Crippen LogP contribution in [0.1, 0.15) is 5.56 Å². The van der Waals surface area contributed by atoms with Crippen molar-refractivity contribution in [3.05, 3.63) is 58.5 Å². The number of aryl methyl sites for hydroxylation is 3. The molecular weight excluding hydrogens is 320 g/mol. The third-order valence-electron chi connectivity index (χ3n) is 4.05. The van der Waals surface area contributed by atoms with Crippen LogP contribution in [0, 0.1) is 6.92 Å². The summed E-state index contributed by atoms with van der Waals surface area (Å²) in [5.74, 6) is -1.54. The Balaban J connectivity index is 1.77. The Morgan fingerprint density at radius 3 is 1.96 bits per heavy atom. The molecule has 2 N–H and O–H groups in total. The Bertz CT molecular complexity index is 1030. The predicted molar refractivity (Wildman–Crippen MR) is 96.6 cm³/mol. The van der Waals surface area contributed by atoms with Crippen molar-refractivity contribution in [3.63, 3.8) is 0 Å². The topological polar surface area (TPSA) is 85.1 Å². The standard InChI is InChI=1S/C18H18N4O3/c1-11-4-6-12(7-5-11)19-16(23)17(24)20-13-8-9-14-15(10-13)22(3)18(25)21(14)2/h4-10H,1-3H3,(H,19,23)(H,20,24). The maximum atomic E-state index is 12.1. The second-order valence-corrected chi connectivity index (χ2v) is 5.88. The van der Waals surface area contributed by atoms with Crippen LogP contribution in [-0.2, 0) is 23.7 Å². The molecule has 2 amide bonds. The molecule has 0 radical (unpaired) electrons. The number of carbonyl (C=O) groups is 2. The number of fused-ring (bicyclic) bond motifs is 1. The van der Waals surface area contributed by atoms with Crippen LogP contribution in [0.15, 0.2) is 47.3 Å². The number of aromatic nitrogens is 2. The number of carbonyl (C=O) groups excluding carboxylic acids is 2. The molecular formula is C18H18N4O3. The van der Waals surface area contributed by atoms with Gasteiger partial charge in [0, 0.05) is 25.5 Å². The van der Waals surface area contributed by atoms with E-state index in [0.717, 1.165) is 11.1 Å². The molecule has 0 spiro atoms. The van der Waals surface area contributed by atoms with Gasteiger partial charge in [0.25, 0.3) is 0 Å². The van der Waals surface area contributed by atoms with E-state index in [1.807, 2.05) is 19.1 Å². The van der Waals surface area contributed by atoms with E-state index in [9.17, 15) is 14.4 Å². The number of nitrogens with one attached hydrogen (secondary N) is 2. The quantitative estimate of drug-likeness (QED) is 0.698. The van der Waals surface area contributed by atoms with E-state index < -0.39 is 11.8 Å². The Hall–Kier alpha value is -3.35. The highest BCUT2D eigenvalue weighted by atomic mass is 16.2. The van der Waals surface area contributed by atoms with E-state index in [-0.39, 0.29) is 5.69 Å². The summed E-state index contributed by atoms with van der Waals surface area (Å²) in [6.45, 7) is 1.94. The predicted octanol–water partition coefficient (Wildman–Crippen LogP) is 1.76. The molecule has 7 nitrogen and oxygen atoms in total. The molecule has 0 bridgehead atoms. The maximum absolute atomic E-state index is 12.1. The summed E-state index contributed by atoms with van der Waals surface area (Å²) in [5.41, 5.74) is 3.31. The van der Waals surface area contributed by atoms with Crippen LogP contribution in [0.3, 0.4) is 0 Å². The molecule has 0 aliphatic carbocycles. The number of rotatable bonds is 2. The molecule has 3 aromatic rings. The minimum Gasteiger partial charge on any atom is -0.318 e. The van der Waals surface area contributed by atoms with Gasteiger partial charge < -0.3 is 10.6 Å². The zero-order valence-corrected chi connectivity index (χ0v) is 14.2. The van der Waals surface area contributed by atoms with Crippen LogP contribution >= 0.6 is 0 Å². The fraction of sp³-hybridized carbons (Fsp3) is 0.167. The van der Waals surface area contributed by atoms with Gasteiger partial charge in [0.05, 0.1) is 11.0 Å². The average molecular weight is 338 g/mol. The van der Waals surface area contributed by atoms with Crippen molar-refractivity contribution in [2.75, 3.05) is 10.6 Å². The van der Waals surface area contributed by atoms with Gasteiger partial charge in [-0.05, 0) is 37.3 Å². The largest absolute Gasteiger partial charge is 0.328 e. The molecule has 0 aliphatic rings. The van der Waals surface area contributed by atoms with Crippen LogP contribution in [0.25, 0.3) is 11.0 Å². The van der Waals surface area contributed by atoms with E-state index in [0.29, 0.717) is 16.9 Å². The van der Waals surface area contributed by atoms with Gasteiger partial charge in [0.15, 0.2) is 0 Å². The first-order chi connectivity index (χ1) is 11.9. The molecule has 2 aromatic carbocycles. The molecule has 0 saturated carbocycles. The van der Waals surface area contributed by atoms with Gasteiger partial charge in [-0.3, -0.25) is 18.7 Å².